The van der Waals surface area contributed by atoms with Gasteiger partial charge in [-0.05, 0) is 51.4 Å². The van der Waals surface area contributed by atoms with Gasteiger partial charge in [-0.3, -0.25) is 14.4 Å². The average Bonchev–Trinajstić information content (AvgIpc) is 3.25. The van der Waals surface area contributed by atoms with Crippen LogP contribution in [-0.4, -0.2) is 70.5 Å². The Morgan fingerprint density at radius 3 is 2.59 bits per heavy atom. The first-order valence-electron chi connectivity index (χ1n) is 11.9. The van der Waals surface area contributed by atoms with E-state index in [0.29, 0.717) is 51.4 Å². The molecule has 1 saturated heterocycles. The van der Waals surface area contributed by atoms with Crippen molar-refractivity contribution < 1.29 is 28.7 Å². The summed E-state index contributed by atoms with van der Waals surface area (Å²) in [5, 5.41) is 16.5. The van der Waals surface area contributed by atoms with Gasteiger partial charge in [-0.1, -0.05) is 6.92 Å². The minimum Gasteiger partial charge on any atom is -0.391 e. The first-order chi connectivity index (χ1) is 15.2. The zero-order valence-electron chi connectivity index (χ0n) is 18.6. The standard InChI is InChI=1S/C22H35ClFN3O5/c1-2-13-9-17(32-27-13)20(30)26-21-5-7-22(8-6-21,18(28)11-21)25-19(29)12-31-14-3-4-15(23)16(24)10-14/h13-18,27-28H,2-12H2,1H3,(H,25,29)(H,26,30). The normalized spacial score (nSPS) is 43.8. The second-order valence-corrected chi connectivity index (χ2v) is 10.6. The van der Waals surface area contributed by atoms with Crippen LogP contribution in [0.5, 0.6) is 0 Å². The van der Waals surface area contributed by atoms with E-state index in [0.717, 1.165) is 6.42 Å². The second kappa shape index (κ2) is 9.70. The highest BCUT2D eigenvalue weighted by atomic mass is 35.5. The van der Waals surface area contributed by atoms with E-state index < -0.39 is 34.8 Å². The lowest BCUT2D eigenvalue weighted by Gasteiger charge is -2.56. The highest BCUT2D eigenvalue weighted by molar-refractivity contribution is 6.21. The van der Waals surface area contributed by atoms with Crippen LogP contribution >= 0.6 is 11.6 Å². The van der Waals surface area contributed by atoms with Gasteiger partial charge in [0.1, 0.15) is 12.8 Å². The molecule has 6 unspecified atom stereocenters. The number of alkyl halides is 2. The summed E-state index contributed by atoms with van der Waals surface area (Å²) in [5.74, 6) is -0.452. The maximum Gasteiger partial charge on any atom is 0.251 e. The Hall–Kier alpha value is -1.00. The van der Waals surface area contributed by atoms with Crippen molar-refractivity contribution in [1.82, 2.24) is 16.1 Å². The topological polar surface area (TPSA) is 109 Å². The summed E-state index contributed by atoms with van der Waals surface area (Å²) in [7, 11) is 0. The molecule has 0 radical (unpaired) electrons. The van der Waals surface area contributed by atoms with E-state index >= 15 is 0 Å². The number of halogens is 2. The molecule has 2 bridgehead atoms. The number of rotatable bonds is 7. The number of amides is 2. The molecule has 0 aromatic rings. The van der Waals surface area contributed by atoms with Crippen LogP contribution in [-0.2, 0) is 19.2 Å². The first kappa shape index (κ1) is 24.1. The molecule has 2 amide bonds. The number of hydrogen-bond donors (Lipinski definition) is 4. The zero-order chi connectivity index (χ0) is 22.9. The molecule has 8 nitrogen and oxygen atoms in total. The molecule has 182 valence electrons. The maximum atomic E-state index is 13.8. The molecule has 4 aliphatic carbocycles. The third kappa shape index (κ3) is 5.06. The fourth-order valence-corrected chi connectivity index (χ4v) is 5.88. The average molecular weight is 476 g/mol. The molecule has 1 heterocycles. The van der Waals surface area contributed by atoms with E-state index in [1.165, 1.54) is 0 Å². The van der Waals surface area contributed by atoms with Gasteiger partial charge in [0.15, 0.2) is 6.10 Å². The third-order valence-electron chi connectivity index (χ3n) is 7.85. The van der Waals surface area contributed by atoms with Crippen molar-refractivity contribution in [2.24, 2.45) is 0 Å². The van der Waals surface area contributed by atoms with Crippen LogP contribution in [0, 0.1) is 0 Å². The summed E-state index contributed by atoms with van der Waals surface area (Å²) in [6, 6.07) is 0.178. The maximum absolute atomic E-state index is 13.8. The van der Waals surface area contributed by atoms with Crippen molar-refractivity contribution in [1.29, 1.82) is 0 Å². The molecule has 0 aromatic heterocycles. The number of ether oxygens (including phenoxy) is 1. The molecular formula is C22H35ClFN3O5. The molecule has 0 spiro atoms. The summed E-state index contributed by atoms with van der Waals surface area (Å²) in [6.07, 6.45) is 3.09. The molecule has 1 aliphatic heterocycles. The minimum absolute atomic E-state index is 0.148. The number of carbonyl (C=O) groups is 2. The van der Waals surface area contributed by atoms with E-state index in [1.54, 1.807) is 0 Å². The lowest BCUT2D eigenvalue weighted by Crippen LogP contribution is -2.70. The predicted octanol–water partition coefficient (Wildman–Crippen LogP) is 1.62. The minimum atomic E-state index is -1.11. The van der Waals surface area contributed by atoms with Crippen LogP contribution in [0.4, 0.5) is 4.39 Å². The van der Waals surface area contributed by atoms with Crippen molar-refractivity contribution >= 4 is 23.4 Å². The molecule has 0 aromatic carbocycles. The largest absolute Gasteiger partial charge is 0.391 e. The van der Waals surface area contributed by atoms with Crippen molar-refractivity contribution in [2.45, 2.75) is 118 Å². The van der Waals surface area contributed by atoms with Crippen LogP contribution in [0.2, 0.25) is 0 Å². The lowest BCUT2D eigenvalue weighted by molar-refractivity contribution is -0.144. The van der Waals surface area contributed by atoms with Crippen molar-refractivity contribution in [3.05, 3.63) is 0 Å². The Morgan fingerprint density at radius 1 is 1.22 bits per heavy atom. The van der Waals surface area contributed by atoms with Gasteiger partial charge in [-0.25, -0.2) is 4.39 Å². The molecule has 5 rings (SSSR count). The lowest BCUT2D eigenvalue weighted by atomic mass is 9.60. The molecule has 6 atom stereocenters. The van der Waals surface area contributed by atoms with Gasteiger partial charge >= 0.3 is 0 Å². The fourth-order valence-electron chi connectivity index (χ4n) is 5.65. The Bertz CT molecular complexity index is 705. The van der Waals surface area contributed by atoms with Crippen LogP contribution in [0.15, 0.2) is 0 Å². The van der Waals surface area contributed by atoms with Crippen molar-refractivity contribution in [3.8, 4) is 0 Å². The first-order valence-corrected chi connectivity index (χ1v) is 12.3. The van der Waals surface area contributed by atoms with Gasteiger partial charge < -0.3 is 20.5 Å². The highest BCUT2D eigenvalue weighted by Gasteiger charge is 2.55. The number of aliphatic hydroxyl groups is 1. The zero-order valence-corrected chi connectivity index (χ0v) is 19.3. The molecule has 5 aliphatic rings. The summed E-state index contributed by atoms with van der Waals surface area (Å²) < 4.78 is 19.4. The van der Waals surface area contributed by atoms with Crippen LogP contribution in [0.25, 0.3) is 0 Å². The van der Waals surface area contributed by atoms with Gasteiger partial charge in [0.25, 0.3) is 5.91 Å². The Labute approximate surface area is 193 Å². The van der Waals surface area contributed by atoms with Crippen LogP contribution in [0.3, 0.4) is 0 Å². The summed E-state index contributed by atoms with van der Waals surface area (Å²) in [4.78, 5) is 30.7. The number of aliphatic hydroxyl groups excluding tert-OH is 1. The number of hydroxylamine groups is 1. The van der Waals surface area contributed by atoms with Gasteiger partial charge in [0.2, 0.25) is 5.91 Å². The summed E-state index contributed by atoms with van der Waals surface area (Å²) in [6.45, 7) is 1.88. The molecule has 5 fully saturated rings. The number of fused-ring (bicyclic) bond motifs is 3. The van der Waals surface area contributed by atoms with Gasteiger partial charge in [0, 0.05) is 24.4 Å². The molecule has 4 saturated carbocycles. The highest BCUT2D eigenvalue weighted by Crippen LogP contribution is 2.47. The van der Waals surface area contributed by atoms with Gasteiger partial charge in [0.05, 0.1) is 23.1 Å². The third-order valence-corrected chi connectivity index (χ3v) is 8.35. The van der Waals surface area contributed by atoms with Gasteiger partial charge in [-0.2, -0.15) is 5.48 Å². The quantitative estimate of drug-likeness (QED) is 0.417. The van der Waals surface area contributed by atoms with E-state index in [9.17, 15) is 19.1 Å². The number of carbonyl (C=O) groups excluding carboxylic acids is 2. The van der Waals surface area contributed by atoms with Crippen LogP contribution in [0.1, 0.15) is 71.1 Å². The molecule has 10 heteroatoms. The Kier molecular flexibility index (Phi) is 7.32. The van der Waals surface area contributed by atoms with E-state index in [4.69, 9.17) is 21.2 Å². The van der Waals surface area contributed by atoms with E-state index in [1.807, 2.05) is 6.92 Å². The summed E-state index contributed by atoms with van der Waals surface area (Å²) >= 11 is 5.90. The number of nitrogens with one attached hydrogen (secondary N) is 3. The molecular weight excluding hydrogens is 441 g/mol. The Balaban J connectivity index is 1.26. The molecule has 4 N–H and O–H groups in total. The van der Waals surface area contributed by atoms with Crippen molar-refractivity contribution in [2.75, 3.05) is 6.61 Å². The fraction of sp³-hybridized carbons (Fsp3) is 0.909. The van der Waals surface area contributed by atoms with Crippen molar-refractivity contribution in [3.63, 3.8) is 0 Å². The SMILES string of the molecule is CCC1CC(C(=O)NC23CCC(NC(=O)COC4CCC(Cl)C(F)C4)(CC2)C(O)C3)ON1. The van der Waals surface area contributed by atoms with Gasteiger partial charge in [-0.15, -0.1) is 11.6 Å². The monoisotopic (exact) mass is 475 g/mol. The summed E-state index contributed by atoms with van der Waals surface area (Å²) in [5.41, 5.74) is 1.72. The van der Waals surface area contributed by atoms with E-state index in [2.05, 4.69) is 16.1 Å². The Morgan fingerprint density at radius 2 is 1.97 bits per heavy atom. The number of hydrogen-bond acceptors (Lipinski definition) is 6. The second-order valence-electron chi connectivity index (χ2n) is 10.0. The van der Waals surface area contributed by atoms with Crippen LogP contribution < -0.4 is 16.1 Å². The molecule has 32 heavy (non-hydrogen) atoms. The smallest absolute Gasteiger partial charge is 0.251 e. The van der Waals surface area contributed by atoms with E-state index in [-0.39, 0.29) is 37.0 Å². The predicted molar refractivity (Wildman–Crippen MR) is 116 cm³/mol.